The third-order valence-electron chi connectivity index (χ3n) is 5.87. The Morgan fingerprint density at radius 2 is 1.93 bits per heavy atom. The van der Waals surface area contributed by atoms with Gasteiger partial charge in [-0.15, -0.1) is 0 Å². The highest BCUT2D eigenvalue weighted by molar-refractivity contribution is 6.44. The minimum atomic E-state index is -1.52. The summed E-state index contributed by atoms with van der Waals surface area (Å²) in [5.41, 5.74) is -0.0185. The van der Waals surface area contributed by atoms with E-state index >= 15 is 0 Å². The average Bonchev–Trinajstić information content (AvgIpc) is 3.30. The molecule has 4 atom stereocenters. The molecule has 1 unspecified atom stereocenters. The molecule has 0 aromatic heterocycles. The zero-order chi connectivity index (χ0) is 20.9. The van der Waals surface area contributed by atoms with Gasteiger partial charge in [0.25, 0.3) is 0 Å². The van der Waals surface area contributed by atoms with Crippen molar-refractivity contribution < 1.29 is 39.7 Å². The Kier molecular flexibility index (Phi) is 5.15. The molecule has 156 valence electrons. The van der Waals surface area contributed by atoms with E-state index in [0.29, 0.717) is 24.9 Å². The second kappa shape index (κ2) is 7.49. The van der Waals surface area contributed by atoms with Crippen molar-refractivity contribution in [2.45, 2.75) is 42.8 Å². The molecular weight excluding hydrogens is 383 g/mol. The molecular formula is C18H23BN2O8. The summed E-state index contributed by atoms with van der Waals surface area (Å²) in [6.45, 7) is 0.957. The lowest BCUT2D eigenvalue weighted by Gasteiger charge is -2.40. The zero-order valence-corrected chi connectivity index (χ0v) is 15.6. The van der Waals surface area contributed by atoms with Crippen molar-refractivity contribution in [3.8, 4) is 11.5 Å². The third kappa shape index (κ3) is 3.78. The van der Waals surface area contributed by atoms with Crippen LogP contribution in [-0.2, 0) is 4.79 Å². The summed E-state index contributed by atoms with van der Waals surface area (Å²) < 4.78 is 5.71. The van der Waals surface area contributed by atoms with Gasteiger partial charge in [-0.1, -0.05) is 6.07 Å². The number of amides is 1. The number of hydrogen-bond acceptors (Lipinski definition) is 8. The first kappa shape index (κ1) is 20.0. The van der Waals surface area contributed by atoms with Crippen molar-refractivity contribution in [2.75, 3.05) is 19.6 Å². The number of aromatic hydroxyl groups is 1. The number of phenols is 1. The number of benzene rings is 1. The summed E-state index contributed by atoms with van der Waals surface area (Å²) in [6, 6.07) is 2.57. The number of carboxylic acid groups (broad SMARTS) is 1. The number of carbonyl (C=O) groups is 2. The topological polar surface area (TPSA) is 160 Å². The maximum atomic E-state index is 12.3. The number of ether oxygens (including phenoxy) is 1. The molecule has 1 aliphatic carbocycles. The Morgan fingerprint density at radius 3 is 2.48 bits per heavy atom. The molecule has 1 aromatic rings. The fourth-order valence-electron chi connectivity index (χ4n) is 4.09. The highest BCUT2D eigenvalue weighted by Gasteiger charge is 2.48. The van der Waals surface area contributed by atoms with Crippen molar-refractivity contribution in [3.05, 3.63) is 23.3 Å². The van der Waals surface area contributed by atoms with Crippen LogP contribution in [-0.4, -0.2) is 87.1 Å². The standard InChI is InChI=1S/C18H23BN2O8/c22-8-3-13(20-5-8)17(24)21-6-9(7-21)29-14-2-1-10(11-4-12(11)19(27)28)16(23)15(14)18(25)26/h1-2,8-9,11-13,20,22-23,27-28H,3-7H2,(H,25,26)/t8-,11-,12-,13?/m0/s1. The van der Waals surface area contributed by atoms with Crippen LogP contribution in [0.25, 0.3) is 0 Å². The van der Waals surface area contributed by atoms with Gasteiger partial charge in [-0.3, -0.25) is 4.79 Å². The predicted molar refractivity (Wildman–Crippen MR) is 99.8 cm³/mol. The van der Waals surface area contributed by atoms with Crippen LogP contribution in [0.1, 0.15) is 34.7 Å². The van der Waals surface area contributed by atoms with Gasteiger partial charge in [-0.25, -0.2) is 4.79 Å². The monoisotopic (exact) mass is 406 g/mol. The summed E-state index contributed by atoms with van der Waals surface area (Å²) in [5, 5.41) is 51.0. The minimum Gasteiger partial charge on any atom is -0.507 e. The van der Waals surface area contributed by atoms with Crippen molar-refractivity contribution in [3.63, 3.8) is 0 Å². The Labute approximate surface area is 166 Å². The van der Waals surface area contributed by atoms with Gasteiger partial charge in [0.15, 0.2) is 0 Å². The maximum Gasteiger partial charge on any atom is 0.455 e. The summed E-state index contributed by atoms with van der Waals surface area (Å²) >= 11 is 0. The number of aromatic carboxylic acids is 1. The smallest absolute Gasteiger partial charge is 0.455 e. The van der Waals surface area contributed by atoms with E-state index in [2.05, 4.69) is 5.32 Å². The largest absolute Gasteiger partial charge is 0.507 e. The zero-order valence-electron chi connectivity index (χ0n) is 15.6. The van der Waals surface area contributed by atoms with E-state index in [1.807, 2.05) is 0 Å². The van der Waals surface area contributed by atoms with Crippen LogP contribution in [0.5, 0.6) is 11.5 Å². The van der Waals surface area contributed by atoms with Gasteiger partial charge in [-0.2, -0.15) is 0 Å². The van der Waals surface area contributed by atoms with Gasteiger partial charge in [0.05, 0.1) is 25.2 Å². The van der Waals surface area contributed by atoms with Crippen molar-refractivity contribution >= 4 is 19.0 Å². The Morgan fingerprint density at radius 1 is 1.21 bits per heavy atom. The minimum absolute atomic E-state index is 0.00649. The van der Waals surface area contributed by atoms with Crippen molar-refractivity contribution in [2.24, 2.45) is 0 Å². The SMILES string of the molecule is O=C(O)c1c(OC2CN(C(=O)C3C[C@H](O)CN3)C2)ccc([C@@H]2C[C@@H]2B(O)O)c1O. The first-order valence-electron chi connectivity index (χ1n) is 9.58. The molecule has 2 heterocycles. The van der Waals surface area contributed by atoms with E-state index < -0.39 is 42.9 Å². The van der Waals surface area contributed by atoms with Gasteiger partial charge >= 0.3 is 13.1 Å². The van der Waals surface area contributed by atoms with Crippen molar-refractivity contribution in [1.82, 2.24) is 10.2 Å². The molecule has 4 rings (SSSR count). The molecule has 2 aliphatic heterocycles. The van der Waals surface area contributed by atoms with E-state index in [9.17, 15) is 35.0 Å². The van der Waals surface area contributed by atoms with Gasteiger partial charge in [0.2, 0.25) is 5.91 Å². The Balaban J connectivity index is 1.41. The summed E-state index contributed by atoms with van der Waals surface area (Å²) in [5.74, 6) is -2.64. The molecule has 1 saturated carbocycles. The summed E-state index contributed by atoms with van der Waals surface area (Å²) in [6.07, 6.45) is -0.116. The predicted octanol–water partition coefficient (Wildman–Crippen LogP) is -1.27. The molecule has 0 bridgehead atoms. The molecule has 29 heavy (non-hydrogen) atoms. The first-order valence-corrected chi connectivity index (χ1v) is 9.58. The number of β-amino-alcohol motifs (C(OH)–C–C–N with tert-alkyl or cyclic N) is 1. The van der Waals surface area contributed by atoms with E-state index in [-0.39, 0.29) is 36.2 Å². The molecule has 1 aromatic carbocycles. The highest BCUT2D eigenvalue weighted by atomic mass is 16.5. The first-order chi connectivity index (χ1) is 13.8. The van der Waals surface area contributed by atoms with E-state index in [0.717, 1.165) is 0 Å². The number of carboxylic acids is 1. The van der Waals surface area contributed by atoms with Gasteiger partial charge < -0.3 is 40.3 Å². The number of nitrogens with zero attached hydrogens (tertiary/aromatic N) is 1. The van der Waals surface area contributed by atoms with Crippen LogP contribution in [0.4, 0.5) is 0 Å². The number of aliphatic hydroxyl groups is 1. The second-order valence-electron chi connectivity index (χ2n) is 7.93. The number of nitrogens with one attached hydrogen (secondary N) is 1. The molecule has 0 radical (unpaired) electrons. The molecule has 0 spiro atoms. The molecule has 11 heteroatoms. The van der Waals surface area contributed by atoms with Gasteiger partial charge in [0, 0.05) is 12.4 Å². The van der Waals surface area contributed by atoms with Crippen LogP contribution >= 0.6 is 0 Å². The normalized spacial score (nSPS) is 28.7. The highest BCUT2D eigenvalue weighted by Crippen LogP contribution is 2.56. The summed E-state index contributed by atoms with van der Waals surface area (Å²) in [4.78, 5) is 25.6. The van der Waals surface area contributed by atoms with Crippen LogP contribution in [0.15, 0.2) is 12.1 Å². The quantitative estimate of drug-likeness (QED) is 0.317. The lowest BCUT2D eigenvalue weighted by Crippen LogP contribution is -2.59. The molecule has 3 aliphatic rings. The van der Waals surface area contributed by atoms with E-state index in [1.54, 1.807) is 4.90 Å². The lowest BCUT2D eigenvalue weighted by atomic mass is 9.81. The number of likely N-dealkylation sites (tertiary alicyclic amines) is 1. The Hall–Kier alpha value is -2.34. The molecule has 3 fully saturated rings. The molecule has 10 nitrogen and oxygen atoms in total. The number of carbonyl (C=O) groups excluding carboxylic acids is 1. The van der Waals surface area contributed by atoms with Crippen molar-refractivity contribution in [1.29, 1.82) is 0 Å². The summed E-state index contributed by atoms with van der Waals surface area (Å²) in [7, 11) is -1.52. The van der Waals surface area contributed by atoms with Gasteiger partial charge in [-0.05, 0) is 30.4 Å². The van der Waals surface area contributed by atoms with E-state index in [1.165, 1.54) is 12.1 Å². The third-order valence-corrected chi connectivity index (χ3v) is 5.87. The maximum absolute atomic E-state index is 12.3. The van der Waals surface area contributed by atoms with Crippen LogP contribution in [0, 0.1) is 0 Å². The van der Waals surface area contributed by atoms with Crippen LogP contribution < -0.4 is 10.1 Å². The fraction of sp³-hybridized carbons (Fsp3) is 0.556. The van der Waals surface area contributed by atoms with Crippen LogP contribution in [0.2, 0.25) is 5.82 Å². The average molecular weight is 406 g/mol. The Bertz CT molecular complexity index is 828. The fourth-order valence-corrected chi connectivity index (χ4v) is 4.09. The second-order valence-corrected chi connectivity index (χ2v) is 7.93. The molecule has 1 amide bonds. The lowest BCUT2D eigenvalue weighted by molar-refractivity contribution is -0.142. The molecule has 6 N–H and O–H groups in total. The van der Waals surface area contributed by atoms with Gasteiger partial charge in [0.1, 0.15) is 23.2 Å². The number of hydrogen-bond donors (Lipinski definition) is 6. The number of aliphatic hydroxyl groups excluding tert-OH is 1. The van der Waals surface area contributed by atoms with Crippen LogP contribution in [0.3, 0.4) is 0 Å². The molecule has 2 saturated heterocycles. The van der Waals surface area contributed by atoms with E-state index in [4.69, 9.17) is 4.74 Å². The number of rotatable bonds is 6.